The molecule has 0 aromatic heterocycles. The van der Waals surface area contributed by atoms with Gasteiger partial charge >= 0.3 is 0 Å². The molecule has 1 N–H and O–H groups in total. The Hall–Kier alpha value is -1.51. The summed E-state index contributed by atoms with van der Waals surface area (Å²) in [5.74, 6) is 1.45. The number of carbonyl (C=O) groups excluding carboxylic acids is 1. The summed E-state index contributed by atoms with van der Waals surface area (Å²) in [5, 5.41) is 3.30. The molecule has 2 aliphatic heterocycles. The van der Waals surface area contributed by atoms with Crippen LogP contribution in [0.2, 0.25) is 5.02 Å². The number of sulfonamides is 1. The van der Waals surface area contributed by atoms with Crippen LogP contribution in [0.5, 0.6) is 5.75 Å². The number of fused-ring (bicyclic) bond motifs is 1. The SMILES string of the molecule is C[C@H]1C[C@H](C)CN(CCCNC(=O)[C@@H]2CN(S(C)(=O)=O)c3cc(Cl)ccc3O2)C1. The lowest BCUT2D eigenvalue weighted by molar-refractivity contribution is -0.127. The summed E-state index contributed by atoms with van der Waals surface area (Å²) in [6, 6.07) is 4.74. The molecule has 0 aliphatic carbocycles. The molecule has 2 heterocycles. The second kappa shape index (κ2) is 9.10. The molecule has 3 atom stereocenters. The molecule has 0 spiro atoms. The summed E-state index contributed by atoms with van der Waals surface area (Å²) in [7, 11) is -3.56. The fraction of sp³-hybridized carbons (Fsp3) is 0.650. The summed E-state index contributed by atoms with van der Waals surface area (Å²) in [5.41, 5.74) is 0.359. The van der Waals surface area contributed by atoms with Gasteiger partial charge in [-0.25, -0.2) is 8.42 Å². The third-order valence-corrected chi connectivity index (χ3v) is 6.76. The fourth-order valence-electron chi connectivity index (χ4n) is 4.28. The summed E-state index contributed by atoms with van der Waals surface area (Å²) < 4.78 is 31.4. The van der Waals surface area contributed by atoms with Gasteiger partial charge in [-0.05, 0) is 49.4 Å². The summed E-state index contributed by atoms with van der Waals surface area (Å²) in [6.45, 7) is 8.17. The maximum Gasteiger partial charge on any atom is 0.263 e. The molecule has 1 amide bonds. The third-order valence-electron chi connectivity index (χ3n) is 5.38. The molecule has 1 aromatic rings. The van der Waals surface area contributed by atoms with E-state index in [0.717, 1.165) is 32.3 Å². The standard InChI is InChI=1S/C20H30ClN3O4S/c1-14-9-15(2)12-23(11-14)8-4-7-22-20(25)19-13-24(29(3,26)27)17-10-16(21)5-6-18(17)28-19/h5-6,10,14-15,19H,4,7-9,11-13H2,1-3H3,(H,22,25)/t14-,15-,19-/m0/s1. The third kappa shape index (κ3) is 5.77. The van der Waals surface area contributed by atoms with E-state index in [0.29, 0.717) is 34.8 Å². The molecule has 2 aliphatic rings. The number of benzene rings is 1. The number of likely N-dealkylation sites (tertiary alicyclic amines) is 1. The molecule has 3 rings (SSSR count). The van der Waals surface area contributed by atoms with Crippen molar-refractivity contribution in [2.24, 2.45) is 11.8 Å². The van der Waals surface area contributed by atoms with Crippen molar-refractivity contribution in [1.29, 1.82) is 0 Å². The number of hydrogen-bond acceptors (Lipinski definition) is 5. The number of nitrogens with zero attached hydrogens (tertiary/aromatic N) is 2. The van der Waals surface area contributed by atoms with Crippen molar-refractivity contribution in [3.63, 3.8) is 0 Å². The Labute approximate surface area is 178 Å². The molecular weight excluding hydrogens is 414 g/mol. The number of piperidine rings is 1. The van der Waals surface area contributed by atoms with Gasteiger partial charge in [0.15, 0.2) is 6.10 Å². The predicted molar refractivity (Wildman–Crippen MR) is 115 cm³/mol. The van der Waals surface area contributed by atoms with E-state index in [4.69, 9.17) is 16.3 Å². The minimum atomic E-state index is -3.56. The van der Waals surface area contributed by atoms with E-state index in [1.165, 1.54) is 16.8 Å². The maximum absolute atomic E-state index is 12.6. The monoisotopic (exact) mass is 443 g/mol. The van der Waals surface area contributed by atoms with Crippen molar-refractivity contribution < 1.29 is 17.9 Å². The minimum absolute atomic E-state index is 0.0703. The summed E-state index contributed by atoms with van der Waals surface area (Å²) >= 11 is 6.00. The van der Waals surface area contributed by atoms with E-state index in [1.54, 1.807) is 12.1 Å². The number of hydrogen-bond donors (Lipinski definition) is 1. The van der Waals surface area contributed by atoms with Crippen molar-refractivity contribution in [3.8, 4) is 5.75 Å². The number of nitrogens with one attached hydrogen (secondary N) is 1. The van der Waals surface area contributed by atoms with Crippen LogP contribution in [0.3, 0.4) is 0 Å². The quantitative estimate of drug-likeness (QED) is 0.683. The smallest absolute Gasteiger partial charge is 0.263 e. The average molecular weight is 444 g/mol. The highest BCUT2D eigenvalue weighted by Crippen LogP contribution is 2.37. The summed E-state index contributed by atoms with van der Waals surface area (Å²) in [6.07, 6.45) is 2.34. The number of anilines is 1. The van der Waals surface area contributed by atoms with Crippen molar-refractivity contribution in [2.45, 2.75) is 32.8 Å². The van der Waals surface area contributed by atoms with Gasteiger partial charge in [-0.3, -0.25) is 9.10 Å². The molecule has 0 unspecified atom stereocenters. The predicted octanol–water partition coefficient (Wildman–Crippen LogP) is 2.35. The molecule has 7 nitrogen and oxygen atoms in total. The van der Waals surface area contributed by atoms with Crippen LogP contribution in [0.4, 0.5) is 5.69 Å². The Morgan fingerprint density at radius 2 is 1.93 bits per heavy atom. The molecule has 162 valence electrons. The number of amides is 1. The molecule has 1 fully saturated rings. The number of rotatable bonds is 6. The van der Waals surface area contributed by atoms with Crippen molar-refractivity contribution in [1.82, 2.24) is 10.2 Å². The first-order chi connectivity index (χ1) is 13.6. The molecule has 1 saturated heterocycles. The van der Waals surface area contributed by atoms with Gasteiger partial charge in [-0.15, -0.1) is 0 Å². The van der Waals surface area contributed by atoms with Gasteiger partial charge < -0.3 is 15.0 Å². The zero-order valence-corrected chi connectivity index (χ0v) is 18.8. The first-order valence-corrected chi connectivity index (χ1v) is 12.3. The molecular formula is C20H30ClN3O4S. The Bertz CT molecular complexity index is 838. The van der Waals surface area contributed by atoms with Crippen molar-refractivity contribution in [2.75, 3.05) is 43.3 Å². The lowest BCUT2D eigenvalue weighted by Crippen LogP contribution is -2.50. The van der Waals surface area contributed by atoms with E-state index < -0.39 is 16.1 Å². The maximum atomic E-state index is 12.6. The highest BCUT2D eigenvalue weighted by atomic mass is 35.5. The van der Waals surface area contributed by atoms with E-state index in [1.807, 2.05) is 0 Å². The van der Waals surface area contributed by atoms with Crippen LogP contribution in [0.1, 0.15) is 26.7 Å². The molecule has 9 heteroatoms. The second-order valence-corrected chi connectivity index (χ2v) is 10.7. The largest absolute Gasteiger partial charge is 0.476 e. The van der Waals surface area contributed by atoms with Crippen molar-refractivity contribution in [3.05, 3.63) is 23.2 Å². The van der Waals surface area contributed by atoms with Gasteiger partial charge in [-0.1, -0.05) is 25.4 Å². The Morgan fingerprint density at radius 3 is 2.59 bits per heavy atom. The first kappa shape index (κ1) is 22.2. The Morgan fingerprint density at radius 1 is 1.24 bits per heavy atom. The van der Waals surface area contributed by atoms with Crippen LogP contribution in [0, 0.1) is 11.8 Å². The van der Waals surface area contributed by atoms with Crippen LogP contribution < -0.4 is 14.4 Å². The molecule has 1 aromatic carbocycles. The molecule has 0 bridgehead atoms. The zero-order chi connectivity index (χ0) is 21.2. The Balaban J connectivity index is 1.55. The van der Waals surface area contributed by atoms with E-state index in [9.17, 15) is 13.2 Å². The highest BCUT2D eigenvalue weighted by molar-refractivity contribution is 7.92. The van der Waals surface area contributed by atoms with Gasteiger partial charge in [0, 0.05) is 24.7 Å². The van der Waals surface area contributed by atoms with Crippen LogP contribution in [0.15, 0.2) is 18.2 Å². The molecule has 29 heavy (non-hydrogen) atoms. The van der Waals surface area contributed by atoms with Crippen LogP contribution in [-0.4, -0.2) is 64.3 Å². The lowest BCUT2D eigenvalue weighted by Gasteiger charge is -2.35. The summed E-state index contributed by atoms with van der Waals surface area (Å²) in [4.78, 5) is 15.1. The molecule has 0 saturated carbocycles. The van der Waals surface area contributed by atoms with Crippen LogP contribution in [0.25, 0.3) is 0 Å². The Kier molecular flexibility index (Phi) is 6.96. The average Bonchev–Trinajstić information content (AvgIpc) is 2.62. The number of carbonyl (C=O) groups is 1. The highest BCUT2D eigenvalue weighted by Gasteiger charge is 2.35. The topological polar surface area (TPSA) is 79.0 Å². The normalized spacial score (nSPS) is 25.2. The lowest BCUT2D eigenvalue weighted by atomic mass is 9.92. The number of ether oxygens (including phenoxy) is 1. The van der Waals surface area contributed by atoms with E-state index in [-0.39, 0.29) is 12.5 Å². The van der Waals surface area contributed by atoms with Crippen LogP contribution >= 0.6 is 11.6 Å². The zero-order valence-electron chi connectivity index (χ0n) is 17.2. The minimum Gasteiger partial charge on any atom is -0.476 e. The van der Waals surface area contributed by atoms with Gasteiger partial charge in [0.2, 0.25) is 10.0 Å². The molecule has 0 radical (unpaired) electrons. The second-order valence-electron chi connectivity index (χ2n) is 8.36. The fourth-order valence-corrected chi connectivity index (χ4v) is 5.35. The van der Waals surface area contributed by atoms with Crippen molar-refractivity contribution >= 4 is 33.2 Å². The number of halogens is 1. The van der Waals surface area contributed by atoms with Gasteiger partial charge in [0.1, 0.15) is 5.75 Å². The van der Waals surface area contributed by atoms with Gasteiger partial charge in [0.25, 0.3) is 5.91 Å². The van der Waals surface area contributed by atoms with Gasteiger partial charge in [-0.2, -0.15) is 0 Å². The van der Waals surface area contributed by atoms with E-state index >= 15 is 0 Å². The first-order valence-electron chi connectivity index (χ1n) is 10.1. The van der Waals surface area contributed by atoms with E-state index in [2.05, 4.69) is 24.1 Å². The van der Waals surface area contributed by atoms with Gasteiger partial charge in [0.05, 0.1) is 18.5 Å². The van der Waals surface area contributed by atoms with Crippen LogP contribution in [-0.2, 0) is 14.8 Å².